The second-order valence-electron chi connectivity index (χ2n) is 14.8. The molecule has 1 heterocycles. The maximum atomic E-state index is 5.65. The Kier molecular flexibility index (Phi) is 33.7. The standard InChI is InChI=1S/C40H82NO.ClH/c1-4-6-8-10-12-14-16-18-20-22-24-26-28-30-32-34-36-41(3,38-40-39-42-40)37-35-33-31-29-27-25-23-21-19-17-15-13-11-9-7-5-2;/h40H,4-39H2,1-3H3;1H/q+1;/p-1. The van der Waals surface area contributed by atoms with Crippen LogP contribution in [0.2, 0.25) is 0 Å². The van der Waals surface area contributed by atoms with Crippen molar-refractivity contribution in [1.82, 2.24) is 0 Å². The first-order valence-corrected chi connectivity index (χ1v) is 20.2. The molecule has 3 heteroatoms. The predicted octanol–water partition coefficient (Wildman–Crippen LogP) is 10.4. The second kappa shape index (κ2) is 33.6. The number of epoxide rings is 1. The fraction of sp³-hybridized carbons (Fsp3) is 1.00. The lowest BCUT2D eigenvalue weighted by atomic mass is 10.0. The molecule has 0 spiro atoms. The van der Waals surface area contributed by atoms with Crippen molar-refractivity contribution in [1.29, 1.82) is 0 Å². The summed E-state index contributed by atoms with van der Waals surface area (Å²) in [6.07, 6.45) is 47.2. The van der Waals surface area contributed by atoms with Crippen molar-refractivity contribution in [3.63, 3.8) is 0 Å². The van der Waals surface area contributed by atoms with E-state index in [1.807, 2.05) is 0 Å². The molecule has 1 fully saturated rings. The zero-order valence-corrected chi connectivity index (χ0v) is 31.0. The quantitative estimate of drug-likeness (QED) is 0.0382. The van der Waals surface area contributed by atoms with E-state index >= 15 is 0 Å². The van der Waals surface area contributed by atoms with Crippen LogP contribution in [-0.2, 0) is 4.74 Å². The second-order valence-corrected chi connectivity index (χ2v) is 14.8. The molecule has 0 saturated carbocycles. The molecule has 1 rings (SSSR count). The van der Waals surface area contributed by atoms with Gasteiger partial charge < -0.3 is 21.6 Å². The molecule has 0 N–H and O–H groups in total. The minimum atomic E-state index is 0. The third-order valence-corrected chi connectivity index (χ3v) is 10.1. The molecule has 43 heavy (non-hydrogen) atoms. The Labute approximate surface area is 279 Å². The lowest BCUT2D eigenvalue weighted by Gasteiger charge is -2.34. The van der Waals surface area contributed by atoms with Gasteiger partial charge in [-0.2, -0.15) is 0 Å². The summed E-state index contributed by atoms with van der Waals surface area (Å²) in [5.41, 5.74) is 0. The summed E-state index contributed by atoms with van der Waals surface area (Å²) in [4.78, 5) is 0. The van der Waals surface area contributed by atoms with E-state index in [4.69, 9.17) is 4.74 Å². The first-order chi connectivity index (χ1) is 20.7. The average Bonchev–Trinajstić information content (AvgIpc) is 3.80. The van der Waals surface area contributed by atoms with Gasteiger partial charge in [0.25, 0.3) is 0 Å². The van der Waals surface area contributed by atoms with Gasteiger partial charge in [0.15, 0.2) is 0 Å². The fourth-order valence-corrected chi connectivity index (χ4v) is 7.04. The number of quaternary nitrogens is 1. The normalized spacial score (nSPS) is 14.7. The molecule has 0 bridgehead atoms. The summed E-state index contributed by atoms with van der Waals surface area (Å²) in [6, 6.07) is 0. The van der Waals surface area contributed by atoms with Crippen molar-refractivity contribution in [2.24, 2.45) is 0 Å². The topological polar surface area (TPSA) is 12.5 Å². The highest BCUT2D eigenvalue weighted by molar-refractivity contribution is 4.68. The number of halogens is 1. The first kappa shape index (κ1) is 43.2. The van der Waals surface area contributed by atoms with E-state index in [0.717, 1.165) is 6.61 Å². The molecule has 260 valence electrons. The maximum absolute atomic E-state index is 5.65. The predicted molar refractivity (Wildman–Crippen MR) is 190 cm³/mol. The van der Waals surface area contributed by atoms with Crippen LogP contribution in [0.3, 0.4) is 0 Å². The molecule has 0 aromatic rings. The van der Waals surface area contributed by atoms with Crippen LogP contribution >= 0.6 is 0 Å². The molecule has 0 aromatic carbocycles. The van der Waals surface area contributed by atoms with E-state index in [9.17, 15) is 0 Å². The Morgan fingerprint density at radius 1 is 0.395 bits per heavy atom. The molecule has 1 unspecified atom stereocenters. The number of likely N-dealkylation sites (N-methyl/N-ethyl adjacent to an activating group) is 1. The highest BCUT2D eigenvalue weighted by Gasteiger charge is 2.33. The molecule has 0 aliphatic carbocycles. The molecule has 1 aliphatic rings. The smallest absolute Gasteiger partial charge is 0.130 e. The zero-order valence-electron chi connectivity index (χ0n) is 30.3. The minimum absolute atomic E-state index is 0. The molecular weight excluding hydrogens is 546 g/mol. The van der Waals surface area contributed by atoms with Crippen LogP contribution in [0.1, 0.15) is 219 Å². The molecule has 0 amide bonds. The van der Waals surface area contributed by atoms with E-state index in [1.165, 1.54) is 230 Å². The number of ether oxygens (including phenoxy) is 1. The number of hydrogen-bond donors (Lipinski definition) is 0. The van der Waals surface area contributed by atoms with Crippen LogP contribution in [0.25, 0.3) is 0 Å². The summed E-state index contributed by atoms with van der Waals surface area (Å²) >= 11 is 0. The Hall–Kier alpha value is 0.210. The van der Waals surface area contributed by atoms with Crippen molar-refractivity contribution in [3.8, 4) is 0 Å². The Balaban J connectivity index is 0.0000176. The van der Waals surface area contributed by atoms with Gasteiger partial charge >= 0.3 is 0 Å². The molecule has 1 saturated heterocycles. The molecule has 0 radical (unpaired) electrons. The minimum Gasteiger partial charge on any atom is -1.00 e. The van der Waals surface area contributed by atoms with Crippen molar-refractivity contribution in [2.45, 2.75) is 225 Å². The van der Waals surface area contributed by atoms with Gasteiger partial charge in [0.2, 0.25) is 0 Å². The summed E-state index contributed by atoms with van der Waals surface area (Å²) < 4.78 is 6.92. The van der Waals surface area contributed by atoms with Gasteiger partial charge in [-0.3, -0.25) is 0 Å². The highest BCUT2D eigenvalue weighted by Crippen LogP contribution is 2.20. The van der Waals surface area contributed by atoms with Gasteiger partial charge in [-0.15, -0.1) is 0 Å². The van der Waals surface area contributed by atoms with E-state index in [0.29, 0.717) is 6.10 Å². The number of unbranched alkanes of at least 4 members (excludes halogenated alkanes) is 30. The third-order valence-electron chi connectivity index (χ3n) is 10.1. The van der Waals surface area contributed by atoms with Gasteiger partial charge in [0.05, 0.1) is 26.7 Å². The molecule has 2 nitrogen and oxygen atoms in total. The molecule has 0 aromatic heterocycles. The van der Waals surface area contributed by atoms with Crippen LogP contribution in [0, 0.1) is 0 Å². The average molecular weight is 629 g/mol. The lowest BCUT2D eigenvalue weighted by molar-refractivity contribution is -0.910. The van der Waals surface area contributed by atoms with Gasteiger partial charge in [-0.05, 0) is 25.7 Å². The van der Waals surface area contributed by atoms with Gasteiger partial charge in [0.1, 0.15) is 12.6 Å². The zero-order chi connectivity index (χ0) is 30.2. The van der Waals surface area contributed by atoms with E-state index < -0.39 is 0 Å². The van der Waals surface area contributed by atoms with E-state index in [-0.39, 0.29) is 12.4 Å². The summed E-state index contributed by atoms with van der Waals surface area (Å²) in [7, 11) is 2.53. The summed E-state index contributed by atoms with van der Waals surface area (Å²) in [5, 5.41) is 0. The highest BCUT2D eigenvalue weighted by atomic mass is 35.5. The summed E-state index contributed by atoms with van der Waals surface area (Å²) in [6.45, 7) is 9.64. The maximum Gasteiger partial charge on any atom is 0.130 e. The molecule has 1 atom stereocenters. The Morgan fingerprint density at radius 2 is 0.605 bits per heavy atom. The first-order valence-electron chi connectivity index (χ1n) is 20.2. The largest absolute Gasteiger partial charge is 1.00 e. The number of nitrogens with zero attached hydrogens (tertiary/aromatic N) is 1. The molecular formula is C40H82ClNO. The Bertz CT molecular complexity index is 487. The van der Waals surface area contributed by atoms with Crippen LogP contribution in [0.15, 0.2) is 0 Å². The fourth-order valence-electron chi connectivity index (χ4n) is 7.04. The van der Waals surface area contributed by atoms with Crippen molar-refractivity contribution < 1.29 is 21.6 Å². The SMILES string of the molecule is CCCCCCCCCCCCCCCCCC[N+](C)(CCCCCCCCCCCCCCCCCC)CC1CO1.[Cl-]. The van der Waals surface area contributed by atoms with Gasteiger partial charge in [0, 0.05) is 0 Å². The third kappa shape index (κ3) is 32.0. The van der Waals surface area contributed by atoms with Gasteiger partial charge in [-0.25, -0.2) is 0 Å². The monoisotopic (exact) mass is 628 g/mol. The Morgan fingerprint density at radius 3 is 0.814 bits per heavy atom. The van der Waals surface area contributed by atoms with Crippen molar-refractivity contribution in [3.05, 3.63) is 0 Å². The van der Waals surface area contributed by atoms with Crippen LogP contribution < -0.4 is 12.4 Å². The van der Waals surface area contributed by atoms with Crippen LogP contribution in [-0.4, -0.2) is 43.9 Å². The van der Waals surface area contributed by atoms with Gasteiger partial charge in [-0.1, -0.05) is 194 Å². The van der Waals surface area contributed by atoms with E-state index in [1.54, 1.807) is 0 Å². The van der Waals surface area contributed by atoms with Crippen LogP contribution in [0.4, 0.5) is 0 Å². The number of hydrogen-bond acceptors (Lipinski definition) is 1. The summed E-state index contributed by atoms with van der Waals surface area (Å²) in [5.74, 6) is 0. The van der Waals surface area contributed by atoms with Crippen molar-refractivity contribution >= 4 is 0 Å². The van der Waals surface area contributed by atoms with Crippen LogP contribution in [0.5, 0.6) is 0 Å². The number of rotatable bonds is 36. The van der Waals surface area contributed by atoms with E-state index in [2.05, 4.69) is 20.9 Å². The molecule has 1 aliphatic heterocycles. The lowest BCUT2D eigenvalue weighted by Crippen LogP contribution is -3.00. The van der Waals surface area contributed by atoms with Crippen molar-refractivity contribution in [2.75, 3.05) is 33.3 Å².